The number of aliphatic carboxylic acids is 1. The van der Waals surface area contributed by atoms with E-state index in [1.165, 1.54) is 0 Å². The molecule has 5 rings (SSSR count). The van der Waals surface area contributed by atoms with Gasteiger partial charge in [-0.1, -0.05) is 30.3 Å². The van der Waals surface area contributed by atoms with Gasteiger partial charge in [-0.15, -0.1) is 5.10 Å². The fourth-order valence-electron chi connectivity index (χ4n) is 5.17. The van der Waals surface area contributed by atoms with Gasteiger partial charge < -0.3 is 24.4 Å². The van der Waals surface area contributed by atoms with E-state index in [0.29, 0.717) is 32.2 Å². The minimum atomic E-state index is -5.08. The first-order valence-corrected chi connectivity index (χ1v) is 12.5. The van der Waals surface area contributed by atoms with Crippen LogP contribution >= 0.6 is 0 Å². The van der Waals surface area contributed by atoms with Gasteiger partial charge in [0.25, 0.3) is 5.91 Å². The Bertz CT molecular complexity index is 1100. The number of benzene rings is 1. The summed E-state index contributed by atoms with van der Waals surface area (Å²) in [6.07, 6.45) is -3.06. The van der Waals surface area contributed by atoms with Gasteiger partial charge >= 0.3 is 12.1 Å². The van der Waals surface area contributed by atoms with Crippen LogP contribution in [0.4, 0.5) is 19.0 Å². The van der Waals surface area contributed by atoms with Crippen LogP contribution in [0.2, 0.25) is 0 Å². The highest BCUT2D eigenvalue weighted by molar-refractivity contribution is 5.90. The van der Waals surface area contributed by atoms with E-state index >= 15 is 0 Å². The van der Waals surface area contributed by atoms with Gasteiger partial charge in [0.1, 0.15) is 0 Å². The van der Waals surface area contributed by atoms with E-state index in [-0.39, 0.29) is 11.8 Å². The minimum absolute atomic E-state index is 0.0118. The van der Waals surface area contributed by atoms with Gasteiger partial charge in [-0.2, -0.15) is 18.3 Å². The maximum Gasteiger partial charge on any atom is 0.490 e. The molecule has 2 aromatic rings. The van der Waals surface area contributed by atoms with Crippen LogP contribution in [0, 0.1) is 12.8 Å². The quantitative estimate of drug-likeness (QED) is 0.636. The SMILES string of the molecule is Cc1ccc(N2CCOC3(C2)C(=O)N(CC2CCOCC2)CC3c2ccccc2)nn1.O=C(O)C(F)(F)F. The number of halogens is 3. The average Bonchev–Trinajstić information content (AvgIpc) is 3.16. The Balaban J connectivity index is 0.000000426. The Morgan fingerprint density at radius 1 is 1.11 bits per heavy atom. The number of carbonyl (C=O) groups is 2. The summed E-state index contributed by atoms with van der Waals surface area (Å²) in [4.78, 5) is 27.0. The third kappa shape index (κ3) is 6.24. The summed E-state index contributed by atoms with van der Waals surface area (Å²) in [6.45, 7) is 6.66. The number of aryl methyl sites for hydroxylation is 1. The van der Waals surface area contributed by atoms with Crippen LogP contribution in [0.5, 0.6) is 0 Å². The molecule has 12 heteroatoms. The number of carboxylic acid groups (broad SMARTS) is 1. The Labute approximate surface area is 218 Å². The van der Waals surface area contributed by atoms with Crippen molar-refractivity contribution in [2.24, 2.45) is 5.92 Å². The molecule has 3 aliphatic rings. The summed E-state index contributed by atoms with van der Waals surface area (Å²) in [5, 5.41) is 15.7. The van der Waals surface area contributed by atoms with Crippen LogP contribution in [-0.4, -0.2) is 89.9 Å². The number of ether oxygens (including phenoxy) is 2. The fraction of sp³-hybridized carbons (Fsp3) is 0.538. The lowest BCUT2D eigenvalue weighted by atomic mass is 9.83. The summed E-state index contributed by atoms with van der Waals surface area (Å²) in [6, 6.07) is 14.3. The molecule has 1 spiro atoms. The highest BCUT2D eigenvalue weighted by atomic mass is 19.4. The highest BCUT2D eigenvalue weighted by Gasteiger charge is 2.58. The maximum absolute atomic E-state index is 13.9. The van der Waals surface area contributed by atoms with Crippen molar-refractivity contribution < 1.29 is 37.3 Å². The second-order valence-electron chi connectivity index (χ2n) is 9.72. The second-order valence-corrected chi connectivity index (χ2v) is 9.72. The van der Waals surface area contributed by atoms with E-state index in [1.54, 1.807) is 0 Å². The Kier molecular flexibility index (Phi) is 8.51. The summed E-state index contributed by atoms with van der Waals surface area (Å²) in [7, 11) is 0. The molecule has 9 nitrogen and oxygen atoms in total. The Morgan fingerprint density at radius 2 is 1.79 bits per heavy atom. The lowest BCUT2D eigenvalue weighted by Gasteiger charge is -2.42. The van der Waals surface area contributed by atoms with Gasteiger partial charge in [0.2, 0.25) is 0 Å². The smallest absolute Gasteiger partial charge is 0.475 e. The van der Waals surface area contributed by atoms with E-state index in [0.717, 1.165) is 49.7 Å². The molecular weight excluding hydrogens is 505 g/mol. The minimum Gasteiger partial charge on any atom is -0.475 e. The van der Waals surface area contributed by atoms with Crippen molar-refractivity contribution in [2.75, 3.05) is 50.9 Å². The standard InChI is InChI=1S/C24H30N4O3.C2HF3O2/c1-18-7-8-22(26-25-18)27-11-14-31-24(17-27)21(20-5-3-2-4-6-20)16-28(23(24)29)15-19-9-12-30-13-10-19;3-2(4,5)1(6)7/h2-8,19,21H,9-17H2,1H3;(H,6,7). The molecule has 1 aromatic carbocycles. The van der Waals surface area contributed by atoms with Crippen molar-refractivity contribution in [1.29, 1.82) is 0 Å². The molecule has 3 saturated heterocycles. The molecule has 1 aromatic heterocycles. The zero-order valence-electron chi connectivity index (χ0n) is 21.1. The number of likely N-dealkylation sites (tertiary alicyclic amines) is 1. The number of carboxylic acids is 1. The predicted octanol–water partition coefficient (Wildman–Crippen LogP) is 3.05. The topological polar surface area (TPSA) is 105 Å². The number of nitrogens with zero attached hydrogens (tertiary/aromatic N) is 4. The summed E-state index contributed by atoms with van der Waals surface area (Å²) < 4.78 is 43.6. The van der Waals surface area contributed by atoms with Gasteiger partial charge in [-0.3, -0.25) is 4.79 Å². The first-order chi connectivity index (χ1) is 18.1. The molecule has 2 atom stereocenters. The maximum atomic E-state index is 13.9. The Morgan fingerprint density at radius 3 is 2.39 bits per heavy atom. The number of amides is 1. The average molecular weight is 537 g/mol. The molecule has 4 heterocycles. The zero-order valence-corrected chi connectivity index (χ0v) is 21.1. The van der Waals surface area contributed by atoms with Crippen LogP contribution in [0.1, 0.15) is 30.0 Å². The predicted molar refractivity (Wildman–Crippen MR) is 131 cm³/mol. The highest BCUT2D eigenvalue weighted by Crippen LogP contribution is 2.43. The Hall–Kier alpha value is -3.25. The molecule has 1 amide bonds. The molecule has 2 unspecified atom stereocenters. The number of hydrogen-bond donors (Lipinski definition) is 1. The molecule has 0 bridgehead atoms. The summed E-state index contributed by atoms with van der Waals surface area (Å²) >= 11 is 0. The van der Waals surface area contributed by atoms with Crippen molar-refractivity contribution >= 4 is 17.7 Å². The van der Waals surface area contributed by atoms with Gasteiger partial charge in [0.15, 0.2) is 11.4 Å². The van der Waals surface area contributed by atoms with Crippen LogP contribution in [0.15, 0.2) is 42.5 Å². The van der Waals surface area contributed by atoms with Gasteiger partial charge in [-0.05, 0) is 43.4 Å². The molecule has 0 radical (unpaired) electrons. The van der Waals surface area contributed by atoms with Gasteiger partial charge in [0.05, 0.1) is 18.8 Å². The summed E-state index contributed by atoms with van der Waals surface area (Å²) in [5.41, 5.74) is 1.15. The van der Waals surface area contributed by atoms with E-state index in [2.05, 4.69) is 27.2 Å². The van der Waals surface area contributed by atoms with E-state index in [1.807, 2.05) is 42.2 Å². The molecule has 0 aliphatic carbocycles. The first-order valence-electron chi connectivity index (χ1n) is 12.5. The molecule has 3 aliphatic heterocycles. The first kappa shape index (κ1) is 27.8. The second kappa shape index (κ2) is 11.6. The molecule has 1 N–H and O–H groups in total. The molecular formula is C26H31F3N4O5. The van der Waals surface area contributed by atoms with Crippen LogP contribution in [0.25, 0.3) is 0 Å². The lowest BCUT2D eigenvalue weighted by Crippen LogP contribution is -2.59. The molecule has 206 valence electrons. The van der Waals surface area contributed by atoms with E-state index in [4.69, 9.17) is 19.4 Å². The number of morpholine rings is 1. The van der Waals surface area contributed by atoms with Gasteiger partial charge in [0, 0.05) is 38.8 Å². The van der Waals surface area contributed by atoms with E-state index < -0.39 is 17.7 Å². The third-order valence-corrected chi connectivity index (χ3v) is 7.13. The normalized spacial score (nSPS) is 24.3. The number of alkyl halides is 3. The molecule has 0 saturated carbocycles. The number of hydrogen-bond acceptors (Lipinski definition) is 7. The fourth-order valence-corrected chi connectivity index (χ4v) is 5.17. The van der Waals surface area contributed by atoms with Crippen LogP contribution in [-0.2, 0) is 19.1 Å². The van der Waals surface area contributed by atoms with Crippen LogP contribution in [0.3, 0.4) is 0 Å². The zero-order chi connectivity index (χ0) is 27.3. The monoisotopic (exact) mass is 536 g/mol. The summed E-state index contributed by atoms with van der Waals surface area (Å²) in [5.74, 6) is -1.37. The number of aromatic nitrogens is 2. The molecule has 38 heavy (non-hydrogen) atoms. The van der Waals surface area contributed by atoms with Crippen LogP contribution < -0.4 is 4.90 Å². The third-order valence-electron chi connectivity index (χ3n) is 7.13. The number of rotatable bonds is 4. The van der Waals surface area contributed by atoms with Crippen molar-refractivity contribution in [2.45, 2.75) is 37.5 Å². The lowest BCUT2D eigenvalue weighted by molar-refractivity contribution is -0.192. The van der Waals surface area contributed by atoms with Gasteiger partial charge in [-0.25, -0.2) is 4.79 Å². The molecule has 3 fully saturated rings. The largest absolute Gasteiger partial charge is 0.490 e. The van der Waals surface area contributed by atoms with Crippen molar-refractivity contribution in [1.82, 2.24) is 15.1 Å². The number of anilines is 1. The number of carbonyl (C=O) groups excluding carboxylic acids is 1. The van der Waals surface area contributed by atoms with Crippen molar-refractivity contribution in [3.05, 3.63) is 53.7 Å². The van der Waals surface area contributed by atoms with Crippen molar-refractivity contribution in [3.8, 4) is 0 Å². The van der Waals surface area contributed by atoms with E-state index in [9.17, 15) is 18.0 Å². The van der Waals surface area contributed by atoms with Crippen molar-refractivity contribution in [3.63, 3.8) is 0 Å².